The Hall–Kier alpha value is -0.0800. The first-order chi connectivity index (χ1) is 5.36. The highest BCUT2D eigenvalue weighted by Crippen LogP contribution is 2.22. The van der Waals surface area contributed by atoms with Gasteiger partial charge in [0.15, 0.2) is 6.29 Å². The lowest BCUT2D eigenvalue weighted by molar-refractivity contribution is -0.151. The molecule has 0 aromatic carbocycles. The Morgan fingerprint density at radius 3 is 2.55 bits per heavy atom. The molecule has 0 spiro atoms. The van der Waals surface area contributed by atoms with Crippen LogP contribution in [0.5, 0.6) is 0 Å². The van der Waals surface area contributed by atoms with E-state index in [9.17, 15) is 0 Å². The SMILES string of the molecule is [CH2]CC(OC)OC1CCCC1. The maximum absolute atomic E-state index is 5.62. The van der Waals surface area contributed by atoms with Crippen LogP contribution in [0.4, 0.5) is 0 Å². The van der Waals surface area contributed by atoms with Crippen molar-refractivity contribution >= 4 is 0 Å². The smallest absolute Gasteiger partial charge is 0.157 e. The Labute approximate surface area is 68.9 Å². The molecule has 0 heterocycles. The summed E-state index contributed by atoms with van der Waals surface area (Å²) in [7, 11) is 1.67. The van der Waals surface area contributed by atoms with Crippen LogP contribution in [-0.2, 0) is 9.47 Å². The van der Waals surface area contributed by atoms with Crippen LogP contribution < -0.4 is 0 Å². The lowest BCUT2D eigenvalue weighted by Gasteiger charge is -2.18. The Morgan fingerprint density at radius 1 is 1.45 bits per heavy atom. The first-order valence-electron chi connectivity index (χ1n) is 4.34. The molecule has 2 heteroatoms. The van der Waals surface area contributed by atoms with Crippen molar-refractivity contribution in [3.63, 3.8) is 0 Å². The van der Waals surface area contributed by atoms with Gasteiger partial charge < -0.3 is 9.47 Å². The molecule has 0 N–H and O–H groups in total. The van der Waals surface area contributed by atoms with Crippen LogP contribution in [-0.4, -0.2) is 19.5 Å². The van der Waals surface area contributed by atoms with E-state index in [1.807, 2.05) is 0 Å². The predicted molar refractivity (Wildman–Crippen MR) is 44.1 cm³/mol. The van der Waals surface area contributed by atoms with E-state index >= 15 is 0 Å². The zero-order valence-corrected chi connectivity index (χ0v) is 7.21. The van der Waals surface area contributed by atoms with Crippen molar-refractivity contribution in [2.75, 3.05) is 7.11 Å². The highest BCUT2D eigenvalue weighted by Gasteiger charge is 2.18. The largest absolute Gasteiger partial charge is 0.356 e. The third-order valence-electron chi connectivity index (χ3n) is 2.15. The van der Waals surface area contributed by atoms with E-state index in [2.05, 4.69) is 6.92 Å². The fraction of sp³-hybridized carbons (Fsp3) is 0.889. The zero-order valence-electron chi connectivity index (χ0n) is 7.21. The van der Waals surface area contributed by atoms with Gasteiger partial charge in [0.05, 0.1) is 6.10 Å². The van der Waals surface area contributed by atoms with Crippen molar-refractivity contribution in [2.45, 2.75) is 44.5 Å². The fourth-order valence-electron chi connectivity index (χ4n) is 1.48. The highest BCUT2D eigenvalue weighted by molar-refractivity contribution is 4.67. The van der Waals surface area contributed by atoms with Gasteiger partial charge in [0.25, 0.3) is 0 Å². The molecule has 65 valence electrons. The molecule has 1 aliphatic carbocycles. The monoisotopic (exact) mass is 157 g/mol. The van der Waals surface area contributed by atoms with Gasteiger partial charge in [-0.3, -0.25) is 0 Å². The van der Waals surface area contributed by atoms with Gasteiger partial charge in [0.1, 0.15) is 0 Å². The van der Waals surface area contributed by atoms with Gasteiger partial charge in [0, 0.05) is 7.11 Å². The first-order valence-corrected chi connectivity index (χ1v) is 4.34. The predicted octanol–water partition coefficient (Wildman–Crippen LogP) is 2.14. The van der Waals surface area contributed by atoms with Crippen LogP contribution >= 0.6 is 0 Å². The van der Waals surface area contributed by atoms with Gasteiger partial charge >= 0.3 is 0 Å². The summed E-state index contributed by atoms with van der Waals surface area (Å²) in [4.78, 5) is 0. The summed E-state index contributed by atoms with van der Waals surface area (Å²) in [5.41, 5.74) is 0. The summed E-state index contributed by atoms with van der Waals surface area (Å²) < 4.78 is 10.7. The molecule has 1 radical (unpaired) electrons. The summed E-state index contributed by atoms with van der Waals surface area (Å²) >= 11 is 0. The number of hydrogen-bond acceptors (Lipinski definition) is 2. The standard InChI is InChI=1S/C9H17O2/c1-3-9(10-2)11-8-6-4-5-7-8/h8-9H,1,3-7H2,2H3. The van der Waals surface area contributed by atoms with Crippen molar-refractivity contribution < 1.29 is 9.47 Å². The Balaban J connectivity index is 2.16. The molecular weight excluding hydrogens is 140 g/mol. The molecule has 0 amide bonds. The Morgan fingerprint density at radius 2 is 2.09 bits per heavy atom. The number of ether oxygens (including phenoxy) is 2. The molecule has 1 fully saturated rings. The second kappa shape index (κ2) is 4.73. The Bertz CT molecular complexity index is 93.7. The van der Waals surface area contributed by atoms with Crippen molar-refractivity contribution in [2.24, 2.45) is 0 Å². The molecule has 0 saturated heterocycles. The third kappa shape index (κ3) is 2.80. The lowest BCUT2D eigenvalue weighted by atomic mass is 10.3. The molecular formula is C9H17O2. The molecule has 1 rings (SSSR count). The topological polar surface area (TPSA) is 18.5 Å². The molecule has 1 unspecified atom stereocenters. The van der Waals surface area contributed by atoms with E-state index in [1.165, 1.54) is 25.7 Å². The molecule has 2 nitrogen and oxygen atoms in total. The van der Waals surface area contributed by atoms with Gasteiger partial charge in [-0.15, -0.1) is 0 Å². The molecule has 0 aromatic heterocycles. The highest BCUT2D eigenvalue weighted by atomic mass is 16.7. The van der Waals surface area contributed by atoms with Gasteiger partial charge in [-0.2, -0.15) is 0 Å². The normalized spacial score (nSPS) is 22.4. The average Bonchev–Trinajstić information content (AvgIpc) is 2.52. The second-order valence-corrected chi connectivity index (χ2v) is 3.00. The van der Waals surface area contributed by atoms with Crippen LogP contribution in [0.15, 0.2) is 0 Å². The summed E-state index contributed by atoms with van der Waals surface area (Å²) in [6, 6.07) is 0. The summed E-state index contributed by atoms with van der Waals surface area (Å²) in [5.74, 6) is 0. The maximum Gasteiger partial charge on any atom is 0.157 e. The van der Waals surface area contributed by atoms with E-state index in [1.54, 1.807) is 7.11 Å². The Kier molecular flexibility index (Phi) is 3.87. The number of hydrogen-bond donors (Lipinski definition) is 0. The molecule has 0 bridgehead atoms. The van der Waals surface area contributed by atoms with Crippen LogP contribution in [0.1, 0.15) is 32.1 Å². The molecule has 1 aliphatic rings. The molecule has 0 aromatic rings. The molecule has 11 heavy (non-hydrogen) atoms. The van der Waals surface area contributed by atoms with Crippen LogP contribution in [0.25, 0.3) is 0 Å². The van der Waals surface area contributed by atoms with E-state index in [-0.39, 0.29) is 6.29 Å². The van der Waals surface area contributed by atoms with Crippen molar-refractivity contribution in [1.29, 1.82) is 0 Å². The third-order valence-corrected chi connectivity index (χ3v) is 2.15. The van der Waals surface area contributed by atoms with Crippen molar-refractivity contribution in [3.8, 4) is 0 Å². The minimum absolute atomic E-state index is 0.0851. The van der Waals surface area contributed by atoms with E-state index in [4.69, 9.17) is 9.47 Å². The van der Waals surface area contributed by atoms with E-state index < -0.39 is 0 Å². The lowest BCUT2D eigenvalue weighted by Crippen LogP contribution is -2.20. The van der Waals surface area contributed by atoms with Gasteiger partial charge in [-0.05, 0) is 26.2 Å². The fourth-order valence-corrected chi connectivity index (χ4v) is 1.48. The van der Waals surface area contributed by atoms with E-state index in [0.717, 1.165) is 0 Å². The number of methoxy groups -OCH3 is 1. The summed E-state index contributed by atoms with van der Waals surface area (Å²) in [6.45, 7) is 3.75. The minimum atomic E-state index is -0.0851. The zero-order chi connectivity index (χ0) is 8.10. The van der Waals surface area contributed by atoms with Crippen molar-refractivity contribution in [1.82, 2.24) is 0 Å². The number of rotatable bonds is 4. The van der Waals surface area contributed by atoms with E-state index in [0.29, 0.717) is 12.5 Å². The molecule has 1 atom stereocenters. The summed E-state index contributed by atoms with van der Waals surface area (Å²) in [5, 5.41) is 0. The quantitative estimate of drug-likeness (QED) is 0.582. The summed E-state index contributed by atoms with van der Waals surface area (Å²) in [6.07, 6.45) is 6.04. The van der Waals surface area contributed by atoms with Crippen molar-refractivity contribution in [3.05, 3.63) is 6.92 Å². The van der Waals surface area contributed by atoms with Gasteiger partial charge in [-0.25, -0.2) is 0 Å². The van der Waals surface area contributed by atoms with Gasteiger partial charge in [0.2, 0.25) is 0 Å². The molecule has 1 saturated carbocycles. The second-order valence-electron chi connectivity index (χ2n) is 3.00. The average molecular weight is 157 g/mol. The van der Waals surface area contributed by atoms with Crippen LogP contribution in [0, 0.1) is 6.92 Å². The maximum atomic E-state index is 5.62. The van der Waals surface area contributed by atoms with Crippen LogP contribution in [0.2, 0.25) is 0 Å². The first kappa shape index (κ1) is 9.01. The molecule has 0 aliphatic heterocycles. The van der Waals surface area contributed by atoms with Crippen LogP contribution in [0.3, 0.4) is 0 Å². The van der Waals surface area contributed by atoms with Gasteiger partial charge in [-0.1, -0.05) is 12.8 Å². The minimum Gasteiger partial charge on any atom is -0.356 e.